The molecule has 8 heteroatoms. The summed E-state index contributed by atoms with van der Waals surface area (Å²) in [6, 6.07) is 84.3. The molecule has 0 amide bonds. The van der Waals surface area contributed by atoms with Crippen LogP contribution in [0.1, 0.15) is 122 Å². The van der Waals surface area contributed by atoms with Crippen LogP contribution in [-0.2, 0) is 17.3 Å². The van der Waals surface area contributed by atoms with Gasteiger partial charge in [-0.25, -0.2) is 0 Å². The molecule has 0 aliphatic carbocycles. The molecule has 0 N–H and O–H groups in total. The lowest BCUT2D eigenvalue weighted by Gasteiger charge is -2.42. The van der Waals surface area contributed by atoms with Gasteiger partial charge in [0.15, 0.2) is 0 Å². The van der Waals surface area contributed by atoms with Gasteiger partial charge in [-0.05, 0) is 207 Å². The molecule has 16 rings (SSSR count). The standard InChI is InChI=1S/C82H76B2N4O2/c1-51(2)48-54-30-44-66-72(49-54)86(69-26-19-27-70-76(69)84(66)79-77(63-22-14-17-29-73(63)89-79)87(70)61-38-31-55(32-39-61)52(3)4)60-40-33-56(34-41-60)53(5)46-47-82(9,10)57-35-42-62(43-36-57)88-71-28-18-25-68-75(71)83(65-23-15-16-24-67(65)85(68)59-20-12-11-13-21-59)80-78(88)64-50-58(81(6,7)8)37-45-74(64)90-80/h11-45,49-53H,46-48H2,1-10H3. The normalized spacial score (nSPS) is 14.3. The van der Waals surface area contributed by atoms with Gasteiger partial charge in [-0.1, -0.05) is 184 Å². The first kappa shape index (κ1) is 55.9. The van der Waals surface area contributed by atoms with Gasteiger partial charge in [0.05, 0.1) is 22.7 Å². The van der Waals surface area contributed by atoms with Crippen molar-refractivity contribution in [2.75, 3.05) is 19.6 Å². The molecule has 4 aliphatic rings. The van der Waals surface area contributed by atoms with E-state index in [9.17, 15) is 0 Å². The fourth-order valence-corrected chi connectivity index (χ4v) is 15.4. The molecule has 0 saturated heterocycles. The molecule has 1 unspecified atom stereocenters. The highest BCUT2D eigenvalue weighted by molar-refractivity contribution is 7.00. The van der Waals surface area contributed by atoms with Crippen LogP contribution in [0.5, 0.6) is 0 Å². The Morgan fingerprint density at radius 3 is 1.51 bits per heavy atom. The fourth-order valence-electron chi connectivity index (χ4n) is 15.4. The third-order valence-electron chi connectivity index (χ3n) is 20.2. The SMILES string of the molecule is CC(C)Cc1ccc2c(c1)N(c1ccc(C(C)CCC(C)(C)c3ccc(N4c5cccc6c5B(c5ccccc5N6c5ccccc5)c5oc6ccc(C(C)(C)C)cc6c54)cc3)cc1)c1cccc3c1B2c1oc2ccccc2c1N3c1ccc(C(C)C)cc1. The Bertz CT molecular complexity index is 4760. The zero-order valence-corrected chi connectivity index (χ0v) is 53.5. The van der Waals surface area contributed by atoms with Crippen LogP contribution in [-0.4, -0.2) is 13.4 Å². The van der Waals surface area contributed by atoms with Crippen molar-refractivity contribution < 1.29 is 8.83 Å². The van der Waals surface area contributed by atoms with Crippen molar-refractivity contribution in [2.24, 2.45) is 5.92 Å². The Morgan fingerprint density at radius 2 is 0.889 bits per heavy atom. The third kappa shape index (κ3) is 8.90. The summed E-state index contributed by atoms with van der Waals surface area (Å²) in [4.78, 5) is 9.94. The Balaban J connectivity index is 0.718. The second kappa shape index (κ2) is 21.1. The van der Waals surface area contributed by atoms with Gasteiger partial charge in [0.2, 0.25) is 0 Å². The van der Waals surface area contributed by atoms with Gasteiger partial charge in [0.25, 0.3) is 13.4 Å². The lowest BCUT2D eigenvalue weighted by atomic mass is 9.35. The summed E-state index contributed by atoms with van der Waals surface area (Å²) in [6.45, 7) is 23.1. The summed E-state index contributed by atoms with van der Waals surface area (Å²) >= 11 is 0. The van der Waals surface area contributed by atoms with Gasteiger partial charge in [0.1, 0.15) is 11.2 Å². The van der Waals surface area contributed by atoms with E-state index < -0.39 is 0 Å². The van der Waals surface area contributed by atoms with Gasteiger partial charge in [0, 0.05) is 67.6 Å². The van der Waals surface area contributed by atoms with E-state index in [-0.39, 0.29) is 24.3 Å². The summed E-state index contributed by atoms with van der Waals surface area (Å²) in [7, 11) is 0. The van der Waals surface area contributed by atoms with Crippen molar-refractivity contribution in [1.29, 1.82) is 0 Å². The van der Waals surface area contributed by atoms with E-state index in [1.165, 1.54) is 83.8 Å². The molecule has 4 aliphatic heterocycles. The number of furan rings is 2. The maximum absolute atomic E-state index is 7.20. The van der Waals surface area contributed by atoms with Crippen LogP contribution in [0.4, 0.5) is 68.2 Å². The Morgan fingerprint density at radius 1 is 0.400 bits per heavy atom. The van der Waals surface area contributed by atoms with Crippen LogP contribution in [0, 0.1) is 5.92 Å². The Hall–Kier alpha value is -9.39. The minimum absolute atomic E-state index is 0.0378. The van der Waals surface area contributed by atoms with Crippen molar-refractivity contribution in [2.45, 2.75) is 111 Å². The second-order valence-corrected chi connectivity index (χ2v) is 28.3. The minimum Gasteiger partial charge on any atom is -0.468 e. The highest BCUT2D eigenvalue weighted by Crippen LogP contribution is 2.50. The van der Waals surface area contributed by atoms with Crippen molar-refractivity contribution in [3.63, 3.8) is 0 Å². The third-order valence-corrected chi connectivity index (χ3v) is 20.2. The van der Waals surface area contributed by atoms with E-state index in [4.69, 9.17) is 8.83 Å². The lowest BCUT2D eigenvalue weighted by molar-refractivity contribution is 0.439. The summed E-state index contributed by atoms with van der Waals surface area (Å²) in [5.41, 5.74) is 29.3. The zero-order chi connectivity index (χ0) is 61.5. The number of anilines is 12. The molecular formula is C82H76B2N4O2. The topological polar surface area (TPSA) is 39.2 Å². The number of benzene rings is 10. The van der Waals surface area contributed by atoms with Crippen molar-refractivity contribution in [1.82, 2.24) is 0 Å². The smallest absolute Gasteiger partial charge is 0.297 e. The van der Waals surface area contributed by atoms with Crippen molar-refractivity contribution >= 4 is 137 Å². The molecule has 442 valence electrons. The number of rotatable bonds is 12. The Kier molecular flexibility index (Phi) is 13.1. The fraction of sp³-hybridized carbons (Fsp3) is 0.220. The Labute approximate surface area is 531 Å². The van der Waals surface area contributed by atoms with Crippen LogP contribution in [0.15, 0.2) is 233 Å². The largest absolute Gasteiger partial charge is 0.468 e. The molecule has 2 aromatic heterocycles. The monoisotopic (exact) mass is 1170 g/mol. The van der Waals surface area contributed by atoms with E-state index in [0.717, 1.165) is 86.6 Å². The maximum atomic E-state index is 7.20. The number of para-hydroxylation sites is 3. The summed E-state index contributed by atoms with van der Waals surface area (Å²) < 4.78 is 14.3. The van der Waals surface area contributed by atoms with E-state index >= 15 is 0 Å². The van der Waals surface area contributed by atoms with E-state index in [1.807, 2.05) is 0 Å². The van der Waals surface area contributed by atoms with Gasteiger partial charge >= 0.3 is 0 Å². The highest BCUT2D eigenvalue weighted by atomic mass is 16.3. The predicted molar refractivity (Wildman–Crippen MR) is 382 cm³/mol. The molecule has 0 spiro atoms. The van der Waals surface area contributed by atoms with Crippen molar-refractivity contribution in [3.05, 3.63) is 252 Å². The number of nitrogens with zero attached hydrogens (tertiary/aromatic N) is 4. The number of fused-ring (bicyclic) bond motifs is 12. The maximum Gasteiger partial charge on any atom is 0.297 e. The van der Waals surface area contributed by atoms with Gasteiger partial charge in [-0.2, -0.15) is 0 Å². The second-order valence-electron chi connectivity index (χ2n) is 28.3. The molecule has 1 atom stereocenters. The summed E-state index contributed by atoms with van der Waals surface area (Å²) in [6.07, 6.45) is 3.08. The lowest BCUT2D eigenvalue weighted by Crippen LogP contribution is -2.61. The van der Waals surface area contributed by atoms with Gasteiger partial charge < -0.3 is 28.4 Å². The molecule has 0 radical (unpaired) electrons. The molecule has 0 fully saturated rings. The highest BCUT2D eigenvalue weighted by Gasteiger charge is 2.49. The van der Waals surface area contributed by atoms with E-state index in [2.05, 4.69) is 313 Å². The first-order valence-electron chi connectivity index (χ1n) is 32.7. The van der Waals surface area contributed by atoms with Gasteiger partial charge in [-0.15, -0.1) is 0 Å². The first-order chi connectivity index (χ1) is 43.6. The van der Waals surface area contributed by atoms with E-state index in [1.54, 1.807) is 0 Å². The average molecular weight is 1170 g/mol. The van der Waals surface area contributed by atoms with Crippen molar-refractivity contribution in [3.8, 4) is 0 Å². The quantitative estimate of drug-likeness (QED) is 0.114. The number of hydrogen-bond acceptors (Lipinski definition) is 6. The molecule has 0 saturated carbocycles. The van der Waals surface area contributed by atoms with Crippen LogP contribution in [0.25, 0.3) is 21.9 Å². The molecule has 6 nitrogen and oxygen atoms in total. The number of hydrogen-bond donors (Lipinski definition) is 0. The van der Waals surface area contributed by atoms with Crippen LogP contribution in [0.3, 0.4) is 0 Å². The molecule has 10 aromatic carbocycles. The molecule has 12 aromatic rings. The van der Waals surface area contributed by atoms with Crippen LogP contribution in [0.2, 0.25) is 0 Å². The predicted octanol–water partition coefficient (Wildman–Crippen LogP) is 18.8. The average Bonchev–Trinajstić information content (AvgIpc) is 1.27. The molecular weight excluding hydrogens is 1090 g/mol. The van der Waals surface area contributed by atoms with Crippen LogP contribution >= 0.6 is 0 Å². The van der Waals surface area contributed by atoms with E-state index in [0.29, 0.717) is 17.8 Å². The first-order valence-corrected chi connectivity index (χ1v) is 32.7. The summed E-state index contributed by atoms with van der Waals surface area (Å²) in [5.74, 6) is 1.31. The van der Waals surface area contributed by atoms with Gasteiger partial charge in [-0.3, -0.25) is 0 Å². The molecule has 90 heavy (non-hydrogen) atoms. The zero-order valence-electron chi connectivity index (χ0n) is 53.5. The summed E-state index contributed by atoms with van der Waals surface area (Å²) in [5, 5.41) is 2.27. The van der Waals surface area contributed by atoms with Crippen LogP contribution < -0.4 is 52.8 Å². The molecule has 6 heterocycles. The molecule has 0 bridgehead atoms. The minimum atomic E-state index is -0.0845.